The summed E-state index contributed by atoms with van der Waals surface area (Å²) >= 11 is 1.08. The van der Waals surface area contributed by atoms with Gasteiger partial charge in [-0.15, -0.1) is 0 Å². The van der Waals surface area contributed by atoms with Crippen molar-refractivity contribution in [3.8, 4) is 5.75 Å². The summed E-state index contributed by atoms with van der Waals surface area (Å²) in [6.07, 6.45) is 0.987. The van der Waals surface area contributed by atoms with Gasteiger partial charge in [0.15, 0.2) is 11.7 Å². The summed E-state index contributed by atoms with van der Waals surface area (Å²) in [5.74, 6) is 0.263. The first-order valence-corrected chi connectivity index (χ1v) is 8.85. The second kappa shape index (κ2) is 8.62. The molecule has 0 aliphatic heterocycles. The predicted molar refractivity (Wildman–Crippen MR) is 97.5 cm³/mol. The van der Waals surface area contributed by atoms with Crippen molar-refractivity contribution in [2.75, 3.05) is 19.0 Å². The zero-order valence-electron chi connectivity index (χ0n) is 14.8. The Kier molecular flexibility index (Phi) is 6.52. The first-order valence-electron chi connectivity index (χ1n) is 8.03. The molecular formula is C18H22N2O4S. The number of hydrogen-bond donors (Lipinski definition) is 1. The van der Waals surface area contributed by atoms with Crippen molar-refractivity contribution < 1.29 is 19.1 Å². The van der Waals surface area contributed by atoms with Gasteiger partial charge in [0.05, 0.1) is 12.8 Å². The van der Waals surface area contributed by atoms with E-state index < -0.39 is 5.97 Å². The molecule has 134 valence electrons. The van der Waals surface area contributed by atoms with Gasteiger partial charge in [0.1, 0.15) is 10.6 Å². The highest BCUT2D eigenvalue weighted by Gasteiger charge is 2.17. The molecule has 1 N–H and O–H groups in total. The molecule has 2 rings (SSSR count). The number of aryl methyl sites for hydroxylation is 1. The normalized spacial score (nSPS) is 11.7. The SMILES string of the molecule is CCC(C)c1ccccc1OCC(=O)Nc1nc(C)c(C(=O)OC)s1. The van der Waals surface area contributed by atoms with Crippen LogP contribution < -0.4 is 10.1 Å². The lowest BCUT2D eigenvalue weighted by Crippen LogP contribution is -2.20. The maximum absolute atomic E-state index is 12.1. The van der Waals surface area contributed by atoms with E-state index in [0.717, 1.165) is 23.3 Å². The number of aromatic nitrogens is 1. The van der Waals surface area contributed by atoms with Crippen LogP contribution in [-0.4, -0.2) is 30.6 Å². The van der Waals surface area contributed by atoms with E-state index in [1.807, 2.05) is 24.3 Å². The summed E-state index contributed by atoms with van der Waals surface area (Å²) in [6, 6.07) is 7.71. The molecule has 1 amide bonds. The number of benzene rings is 1. The van der Waals surface area contributed by atoms with Crippen molar-refractivity contribution in [1.82, 2.24) is 4.98 Å². The largest absolute Gasteiger partial charge is 0.483 e. The summed E-state index contributed by atoms with van der Waals surface area (Å²) in [6.45, 7) is 5.80. The molecule has 1 unspecified atom stereocenters. The zero-order valence-corrected chi connectivity index (χ0v) is 15.6. The van der Waals surface area contributed by atoms with E-state index in [4.69, 9.17) is 4.74 Å². The van der Waals surface area contributed by atoms with Crippen molar-refractivity contribution in [2.45, 2.75) is 33.1 Å². The van der Waals surface area contributed by atoms with Crippen LogP contribution in [0.3, 0.4) is 0 Å². The van der Waals surface area contributed by atoms with Crippen molar-refractivity contribution in [2.24, 2.45) is 0 Å². The molecule has 6 nitrogen and oxygen atoms in total. The number of rotatable bonds is 7. The summed E-state index contributed by atoms with van der Waals surface area (Å²) in [4.78, 5) is 28.2. The van der Waals surface area contributed by atoms with E-state index in [2.05, 4.69) is 28.9 Å². The van der Waals surface area contributed by atoms with Gasteiger partial charge in [-0.1, -0.05) is 43.4 Å². The fraction of sp³-hybridized carbons (Fsp3) is 0.389. The highest BCUT2D eigenvalue weighted by molar-refractivity contribution is 7.17. The maximum Gasteiger partial charge on any atom is 0.350 e. The minimum absolute atomic E-state index is 0.125. The third-order valence-electron chi connectivity index (χ3n) is 3.83. The van der Waals surface area contributed by atoms with Gasteiger partial charge < -0.3 is 9.47 Å². The number of anilines is 1. The van der Waals surface area contributed by atoms with Gasteiger partial charge in [0.2, 0.25) is 0 Å². The third kappa shape index (κ3) is 4.79. The molecule has 1 atom stereocenters. The van der Waals surface area contributed by atoms with Gasteiger partial charge in [-0.25, -0.2) is 9.78 Å². The lowest BCUT2D eigenvalue weighted by molar-refractivity contribution is -0.118. The molecule has 2 aromatic rings. The molecule has 0 radical (unpaired) electrons. The van der Waals surface area contributed by atoms with Gasteiger partial charge in [0.25, 0.3) is 5.91 Å². The predicted octanol–water partition coefficient (Wildman–Crippen LogP) is 3.77. The average molecular weight is 362 g/mol. The Labute approximate surface area is 151 Å². The first kappa shape index (κ1) is 18.9. The lowest BCUT2D eigenvalue weighted by atomic mass is 9.98. The van der Waals surface area contributed by atoms with Crippen LogP contribution in [0.4, 0.5) is 5.13 Å². The standard InChI is InChI=1S/C18H22N2O4S/c1-5-11(2)13-8-6-7-9-14(13)24-10-15(21)20-18-19-12(3)16(25-18)17(22)23-4/h6-9,11H,5,10H2,1-4H3,(H,19,20,21). The molecule has 0 saturated heterocycles. The van der Waals surface area contributed by atoms with Crippen molar-refractivity contribution in [1.29, 1.82) is 0 Å². The van der Waals surface area contributed by atoms with E-state index in [-0.39, 0.29) is 12.5 Å². The van der Waals surface area contributed by atoms with Crippen LogP contribution in [0, 0.1) is 6.92 Å². The maximum atomic E-state index is 12.1. The van der Waals surface area contributed by atoms with Crippen LogP contribution in [0.2, 0.25) is 0 Å². The van der Waals surface area contributed by atoms with E-state index in [1.165, 1.54) is 7.11 Å². The molecule has 0 spiro atoms. The molecule has 7 heteroatoms. The smallest absolute Gasteiger partial charge is 0.350 e. The average Bonchev–Trinajstić information content (AvgIpc) is 2.98. The molecule has 0 saturated carbocycles. The Morgan fingerprint density at radius 1 is 1.32 bits per heavy atom. The minimum Gasteiger partial charge on any atom is -0.483 e. The van der Waals surface area contributed by atoms with Crippen LogP contribution in [0.15, 0.2) is 24.3 Å². The van der Waals surface area contributed by atoms with Crippen LogP contribution in [0.5, 0.6) is 5.75 Å². The Hall–Kier alpha value is -2.41. The number of amides is 1. The topological polar surface area (TPSA) is 77.5 Å². The molecule has 1 heterocycles. The number of nitrogens with one attached hydrogen (secondary N) is 1. The number of ether oxygens (including phenoxy) is 2. The number of methoxy groups -OCH3 is 1. The molecule has 1 aromatic carbocycles. The van der Waals surface area contributed by atoms with Crippen molar-refractivity contribution >= 4 is 28.3 Å². The molecule has 0 aliphatic rings. The molecule has 0 aliphatic carbocycles. The second-order valence-corrected chi connectivity index (χ2v) is 6.61. The van der Waals surface area contributed by atoms with Crippen LogP contribution in [-0.2, 0) is 9.53 Å². The molecule has 1 aromatic heterocycles. The Bertz CT molecular complexity index is 757. The van der Waals surface area contributed by atoms with Gasteiger partial charge in [0, 0.05) is 0 Å². The molecule has 0 fully saturated rings. The van der Waals surface area contributed by atoms with E-state index >= 15 is 0 Å². The van der Waals surface area contributed by atoms with Gasteiger partial charge >= 0.3 is 5.97 Å². The number of nitrogens with zero attached hydrogens (tertiary/aromatic N) is 1. The van der Waals surface area contributed by atoms with Crippen molar-refractivity contribution in [3.63, 3.8) is 0 Å². The van der Waals surface area contributed by atoms with Gasteiger partial charge in [-0.3, -0.25) is 10.1 Å². The number of thiazole rings is 1. The van der Waals surface area contributed by atoms with E-state index in [9.17, 15) is 9.59 Å². The third-order valence-corrected chi connectivity index (χ3v) is 4.89. The zero-order chi connectivity index (χ0) is 18.4. The quantitative estimate of drug-likeness (QED) is 0.759. The number of para-hydroxylation sites is 1. The van der Waals surface area contributed by atoms with Gasteiger partial charge in [-0.2, -0.15) is 0 Å². The number of carbonyl (C=O) groups is 2. The first-order chi connectivity index (χ1) is 12.0. The summed E-state index contributed by atoms with van der Waals surface area (Å²) in [7, 11) is 1.31. The number of esters is 1. The Balaban J connectivity index is 1.99. The van der Waals surface area contributed by atoms with Crippen LogP contribution in [0.1, 0.15) is 47.1 Å². The highest BCUT2D eigenvalue weighted by Crippen LogP contribution is 2.28. The number of hydrogen-bond acceptors (Lipinski definition) is 6. The fourth-order valence-corrected chi connectivity index (χ4v) is 3.17. The Morgan fingerprint density at radius 3 is 2.72 bits per heavy atom. The molecule has 0 bridgehead atoms. The minimum atomic E-state index is -0.464. The lowest BCUT2D eigenvalue weighted by Gasteiger charge is -2.15. The second-order valence-electron chi connectivity index (χ2n) is 5.61. The fourth-order valence-electron chi connectivity index (χ4n) is 2.27. The number of carbonyl (C=O) groups excluding carboxylic acids is 2. The van der Waals surface area contributed by atoms with Crippen molar-refractivity contribution in [3.05, 3.63) is 40.4 Å². The molecule has 25 heavy (non-hydrogen) atoms. The summed E-state index contributed by atoms with van der Waals surface area (Å²) in [5, 5.41) is 3.00. The van der Waals surface area contributed by atoms with Gasteiger partial charge in [-0.05, 0) is 30.9 Å². The van der Waals surface area contributed by atoms with Crippen LogP contribution in [0.25, 0.3) is 0 Å². The Morgan fingerprint density at radius 2 is 2.04 bits per heavy atom. The summed E-state index contributed by atoms with van der Waals surface area (Å²) in [5.41, 5.74) is 1.60. The van der Waals surface area contributed by atoms with E-state index in [0.29, 0.717) is 27.4 Å². The van der Waals surface area contributed by atoms with Crippen LogP contribution >= 0.6 is 11.3 Å². The highest BCUT2D eigenvalue weighted by atomic mass is 32.1. The monoisotopic (exact) mass is 362 g/mol. The molecular weight excluding hydrogens is 340 g/mol. The van der Waals surface area contributed by atoms with E-state index in [1.54, 1.807) is 6.92 Å². The summed E-state index contributed by atoms with van der Waals surface area (Å²) < 4.78 is 10.4.